The maximum absolute atomic E-state index is 11.5. The van der Waals surface area contributed by atoms with Crippen molar-refractivity contribution in [1.29, 1.82) is 0 Å². The SMILES string of the molecule is CCc1ccc(NC(=S)NCCCN2CCCC2=O)cc1. The third-order valence-corrected chi connectivity index (χ3v) is 3.93. The number of anilines is 1. The van der Waals surface area contributed by atoms with Crippen molar-refractivity contribution in [2.45, 2.75) is 32.6 Å². The topological polar surface area (TPSA) is 44.4 Å². The minimum atomic E-state index is 0.284. The maximum atomic E-state index is 11.5. The highest BCUT2D eigenvalue weighted by Crippen LogP contribution is 2.10. The average Bonchev–Trinajstić information content (AvgIpc) is 2.90. The smallest absolute Gasteiger partial charge is 0.222 e. The Morgan fingerprint density at radius 3 is 2.71 bits per heavy atom. The Hall–Kier alpha value is -1.62. The van der Waals surface area contributed by atoms with Crippen LogP contribution in [0.1, 0.15) is 31.7 Å². The minimum absolute atomic E-state index is 0.284. The standard InChI is InChI=1S/C16H23N3OS/c1-2-13-6-8-14(9-7-13)18-16(21)17-10-4-12-19-11-3-5-15(19)20/h6-9H,2-5,10-12H2,1H3,(H2,17,18,21). The molecule has 21 heavy (non-hydrogen) atoms. The molecule has 1 aliphatic rings. The van der Waals surface area contributed by atoms with Gasteiger partial charge in [0, 0.05) is 31.7 Å². The van der Waals surface area contributed by atoms with Gasteiger partial charge in [-0.3, -0.25) is 4.79 Å². The van der Waals surface area contributed by atoms with Gasteiger partial charge >= 0.3 is 0 Å². The Labute approximate surface area is 131 Å². The predicted molar refractivity (Wildman–Crippen MR) is 90.5 cm³/mol. The molecule has 1 aromatic rings. The van der Waals surface area contributed by atoms with E-state index in [2.05, 4.69) is 29.7 Å². The van der Waals surface area contributed by atoms with Crippen LogP contribution in [0.4, 0.5) is 5.69 Å². The Kier molecular flexibility index (Phi) is 5.99. The molecular formula is C16H23N3OS. The van der Waals surface area contributed by atoms with Gasteiger partial charge in [0.1, 0.15) is 0 Å². The Balaban J connectivity index is 1.63. The number of benzene rings is 1. The largest absolute Gasteiger partial charge is 0.362 e. The van der Waals surface area contributed by atoms with Gasteiger partial charge in [-0.15, -0.1) is 0 Å². The summed E-state index contributed by atoms with van der Waals surface area (Å²) in [5, 5.41) is 6.98. The van der Waals surface area contributed by atoms with Gasteiger partial charge in [0.25, 0.3) is 0 Å². The van der Waals surface area contributed by atoms with Gasteiger partial charge in [-0.1, -0.05) is 19.1 Å². The highest BCUT2D eigenvalue weighted by molar-refractivity contribution is 7.80. The van der Waals surface area contributed by atoms with Crippen molar-refractivity contribution in [3.8, 4) is 0 Å². The van der Waals surface area contributed by atoms with Gasteiger partial charge in [-0.25, -0.2) is 0 Å². The molecule has 0 bridgehead atoms. The summed E-state index contributed by atoms with van der Waals surface area (Å²) >= 11 is 5.27. The summed E-state index contributed by atoms with van der Waals surface area (Å²) < 4.78 is 0. The van der Waals surface area contributed by atoms with Crippen LogP contribution in [0, 0.1) is 0 Å². The first kappa shape index (κ1) is 15.8. The van der Waals surface area contributed by atoms with Crippen molar-refractivity contribution in [3.63, 3.8) is 0 Å². The van der Waals surface area contributed by atoms with E-state index in [1.54, 1.807) is 0 Å². The number of likely N-dealkylation sites (tertiary alicyclic amines) is 1. The van der Waals surface area contributed by atoms with Gasteiger partial charge in [0.05, 0.1) is 0 Å². The molecule has 1 saturated heterocycles. The molecule has 2 N–H and O–H groups in total. The van der Waals surface area contributed by atoms with Gasteiger partial charge in [0.2, 0.25) is 5.91 Å². The molecule has 1 aromatic carbocycles. The van der Waals surface area contributed by atoms with Crippen LogP contribution in [-0.2, 0) is 11.2 Å². The van der Waals surface area contributed by atoms with E-state index in [0.29, 0.717) is 11.5 Å². The fourth-order valence-corrected chi connectivity index (χ4v) is 2.63. The summed E-state index contributed by atoms with van der Waals surface area (Å²) in [6.45, 7) is 4.65. The number of thiocarbonyl (C=S) groups is 1. The van der Waals surface area contributed by atoms with E-state index in [0.717, 1.165) is 44.6 Å². The van der Waals surface area contributed by atoms with E-state index in [4.69, 9.17) is 12.2 Å². The molecule has 1 fully saturated rings. The van der Waals surface area contributed by atoms with Crippen LogP contribution in [0.15, 0.2) is 24.3 Å². The Bertz CT molecular complexity index is 487. The molecule has 0 spiro atoms. The van der Waals surface area contributed by atoms with E-state index in [-0.39, 0.29) is 5.91 Å². The zero-order valence-corrected chi connectivity index (χ0v) is 13.3. The molecule has 1 aliphatic heterocycles. The van der Waals surface area contributed by atoms with Gasteiger partial charge < -0.3 is 15.5 Å². The normalized spacial score (nSPS) is 14.3. The highest BCUT2D eigenvalue weighted by atomic mass is 32.1. The van der Waals surface area contributed by atoms with Gasteiger partial charge in [-0.2, -0.15) is 0 Å². The van der Waals surface area contributed by atoms with Crippen LogP contribution in [-0.4, -0.2) is 35.6 Å². The molecule has 114 valence electrons. The third kappa shape index (κ3) is 5.01. The Morgan fingerprint density at radius 2 is 2.10 bits per heavy atom. The predicted octanol–water partition coefficient (Wildman–Crippen LogP) is 2.55. The van der Waals surface area contributed by atoms with Crippen molar-refractivity contribution in [1.82, 2.24) is 10.2 Å². The second-order valence-corrected chi connectivity index (χ2v) is 5.68. The van der Waals surface area contributed by atoms with Crippen LogP contribution in [0.2, 0.25) is 0 Å². The van der Waals surface area contributed by atoms with Crippen LogP contribution in [0.3, 0.4) is 0 Å². The van der Waals surface area contributed by atoms with E-state index >= 15 is 0 Å². The van der Waals surface area contributed by atoms with E-state index in [9.17, 15) is 4.79 Å². The number of nitrogens with one attached hydrogen (secondary N) is 2. The second kappa shape index (κ2) is 7.98. The number of hydrogen-bond acceptors (Lipinski definition) is 2. The summed E-state index contributed by atoms with van der Waals surface area (Å²) in [4.78, 5) is 13.4. The van der Waals surface area contributed by atoms with E-state index < -0.39 is 0 Å². The molecule has 0 aromatic heterocycles. The fraction of sp³-hybridized carbons (Fsp3) is 0.500. The lowest BCUT2D eigenvalue weighted by molar-refractivity contribution is -0.127. The summed E-state index contributed by atoms with van der Waals surface area (Å²) in [5.41, 5.74) is 2.31. The first-order chi connectivity index (χ1) is 10.2. The summed E-state index contributed by atoms with van der Waals surface area (Å²) in [7, 11) is 0. The number of carbonyl (C=O) groups excluding carboxylic acids is 1. The highest BCUT2D eigenvalue weighted by Gasteiger charge is 2.18. The second-order valence-electron chi connectivity index (χ2n) is 5.27. The lowest BCUT2D eigenvalue weighted by Gasteiger charge is -2.16. The molecule has 0 aliphatic carbocycles. The van der Waals surface area contributed by atoms with Crippen molar-refractivity contribution < 1.29 is 4.79 Å². The first-order valence-electron chi connectivity index (χ1n) is 7.60. The summed E-state index contributed by atoms with van der Waals surface area (Å²) in [6.07, 6.45) is 3.67. The molecule has 1 heterocycles. The van der Waals surface area contributed by atoms with Crippen molar-refractivity contribution >= 4 is 28.9 Å². The van der Waals surface area contributed by atoms with Gasteiger partial charge in [0.15, 0.2) is 5.11 Å². The lowest BCUT2D eigenvalue weighted by Crippen LogP contribution is -2.32. The molecule has 0 unspecified atom stereocenters. The van der Waals surface area contributed by atoms with E-state index in [1.165, 1.54) is 5.56 Å². The first-order valence-corrected chi connectivity index (χ1v) is 8.01. The molecule has 1 amide bonds. The molecular weight excluding hydrogens is 282 g/mol. The van der Waals surface area contributed by atoms with Crippen LogP contribution < -0.4 is 10.6 Å². The van der Waals surface area contributed by atoms with Crippen LogP contribution in [0.5, 0.6) is 0 Å². The molecule has 2 rings (SSSR count). The van der Waals surface area contributed by atoms with Crippen LogP contribution >= 0.6 is 12.2 Å². The molecule has 0 radical (unpaired) electrons. The minimum Gasteiger partial charge on any atom is -0.362 e. The maximum Gasteiger partial charge on any atom is 0.222 e. The number of carbonyl (C=O) groups is 1. The average molecular weight is 305 g/mol. The monoisotopic (exact) mass is 305 g/mol. The quantitative estimate of drug-likeness (QED) is 0.626. The summed E-state index contributed by atoms with van der Waals surface area (Å²) in [5.74, 6) is 0.284. The number of hydrogen-bond donors (Lipinski definition) is 2. The van der Waals surface area contributed by atoms with Crippen molar-refractivity contribution in [2.24, 2.45) is 0 Å². The van der Waals surface area contributed by atoms with Gasteiger partial charge in [-0.05, 0) is 49.2 Å². The zero-order chi connectivity index (χ0) is 15.1. The van der Waals surface area contributed by atoms with Crippen molar-refractivity contribution in [3.05, 3.63) is 29.8 Å². The number of aryl methyl sites for hydroxylation is 1. The van der Waals surface area contributed by atoms with Crippen molar-refractivity contribution in [2.75, 3.05) is 25.0 Å². The number of amides is 1. The Morgan fingerprint density at radius 1 is 1.33 bits per heavy atom. The number of rotatable bonds is 6. The zero-order valence-electron chi connectivity index (χ0n) is 12.5. The molecule has 5 heteroatoms. The molecule has 4 nitrogen and oxygen atoms in total. The number of nitrogens with zero attached hydrogens (tertiary/aromatic N) is 1. The third-order valence-electron chi connectivity index (χ3n) is 3.68. The lowest BCUT2D eigenvalue weighted by atomic mass is 10.1. The summed E-state index contributed by atoms with van der Waals surface area (Å²) in [6, 6.07) is 8.28. The van der Waals surface area contributed by atoms with E-state index in [1.807, 2.05) is 17.0 Å². The molecule has 0 saturated carbocycles. The molecule has 0 atom stereocenters. The fourth-order valence-electron chi connectivity index (χ4n) is 2.41. The van der Waals surface area contributed by atoms with Crippen LogP contribution in [0.25, 0.3) is 0 Å².